The summed E-state index contributed by atoms with van der Waals surface area (Å²) in [5.41, 5.74) is -1.93. The third kappa shape index (κ3) is 6.61. The number of benzene rings is 2. The Hall–Kier alpha value is -5.29. The van der Waals surface area contributed by atoms with Crippen molar-refractivity contribution in [1.82, 2.24) is 24.8 Å². The molecule has 3 aliphatic heterocycles. The van der Waals surface area contributed by atoms with Gasteiger partial charge in [0.25, 0.3) is 5.91 Å². The summed E-state index contributed by atoms with van der Waals surface area (Å²) in [7, 11) is 0. The van der Waals surface area contributed by atoms with E-state index in [0.29, 0.717) is 30.4 Å². The van der Waals surface area contributed by atoms with Gasteiger partial charge in [-0.05, 0) is 50.4 Å². The molecular weight excluding hydrogens is 801 g/mol. The SMILES string of the molecule is CCN(c1nc(OC[C@@]23CCCN2C[C@H](F)C3)nc2c(C(F)(F)F)c(-c3ccc(F)c4sc(N)c(C#N)c34)c(C(F)(F)F)cc12)[C@H]1CCN(C(=O)c2coc(C)n2)C1. The van der Waals surface area contributed by atoms with Crippen molar-refractivity contribution in [3.05, 3.63) is 58.6 Å². The van der Waals surface area contributed by atoms with E-state index in [2.05, 4.69) is 15.0 Å². The number of aromatic nitrogens is 3. The lowest BCUT2D eigenvalue weighted by molar-refractivity contribution is -0.141. The van der Waals surface area contributed by atoms with Crippen LogP contribution >= 0.6 is 11.3 Å². The van der Waals surface area contributed by atoms with E-state index in [1.807, 2.05) is 4.90 Å². The summed E-state index contributed by atoms with van der Waals surface area (Å²) in [5, 5.41) is 8.49. The van der Waals surface area contributed by atoms with E-state index in [1.165, 1.54) is 16.1 Å². The number of nitrogens with two attached hydrogens (primary N) is 1. The average molecular weight is 835 g/mol. The van der Waals surface area contributed by atoms with Crippen LogP contribution in [0.5, 0.6) is 6.01 Å². The molecule has 306 valence electrons. The van der Waals surface area contributed by atoms with Gasteiger partial charge in [0.2, 0.25) is 0 Å². The fourth-order valence-electron chi connectivity index (χ4n) is 8.84. The summed E-state index contributed by atoms with van der Waals surface area (Å²) in [5.74, 6) is -1.54. The predicted molar refractivity (Wildman–Crippen MR) is 197 cm³/mol. The van der Waals surface area contributed by atoms with E-state index in [4.69, 9.17) is 14.9 Å². The van der Waals surface area contributed by atoms with E-state index >= 15 is 30.7 Å². The van der Waals surface area contributed by atoms with Crippen molar-refractivity contribution in [3.8, 4) is 23.2 Å². The van der Waals surface area contributed by atoms with Gasteiger partial charge in [-0.25, -0.2) is 13.8 Å². The first-order valence-corrected chi connectivity index (χ1v) is 19.2. The minimum atomic E-state index is -5.54. The van der Waals surface area contributed by atoms with Crippen LogP contribution in [-0.4, -0.2) is 87.7 Å². The molecule has 3 atom stereocenters. The highest BCUT2D eigenvalue weighted by Gasteiger charge is 2.50. The summed E-state index contributed by atoms with van der Waals surface area (Å²) in [6, 6.07) is 2.47. The number of nitriles is 1. The van der Waals surface area contributed by atoms with Gasteiger partial charge in [-0.2, -0.15) is 41.6 Å². The molecule has 3 aliphatic rings. The van der Waals surface area contributed by atoms with Crippen molar-refractivity contribution in [1.29, 1.82) is 5.26 Å². The zero-order chi connectivity index (χ0) is 41.5. The fraction of sp³-hybridized carbons (Fsp3) is 0.447. The number of carbonyl (C=O) groups is 1. The molecule has 0 bridgehead atoms. The van der Waals surface area contributed by atoms with Crippen molar-refractivity contribution in [3.63, 3.8) is 0 Å². The molecule has 0 unspecified atom stereocenters. The summed E-state index contributed by atoms with van der Waals surface area (Å²) in [6.07, 6.45) is -9.34. The Morgan fingerprint density at radius 1 is 1.16 bits per heavy atom. The number of amides is 1. The van der Waals surface area contributed by atoms with Gasteiger partial charge < -0.3 is 24.7 Å². The molecule has 0 saturated carbocycles. The summed E-state index contributed by atoms with van der Waals surface area (Å²) < 4.78 is 134. The van der Waals surface area contributed by atoms with Crippen LogP contribution in [-0.2, 0) is 12.4 Å². The van der Waals surface area contributed by atoms with Gasteiger partial charge in [-0.1, -0.05) is 6.07 Å². The molecule has 5 aromatic rings. The Morgan fingerprint density at radius 2 is 1.93 bits per heavy atom. The molecule has 0 radical (unpaired) electrons. The molecule has 1 amide bonds. The summed E-state index contributed by atoms with van der Waals surface area (Å²) >= 11 is 0.520. The number of hydrogen-bond donors (Lipinski definition) is 1. The first-order chi connectivity index (χ1) is 27.4. The van der Waals surface area contributed by atoms with E-state index in [1.54, 1.807) is 19.9 Å². The molecule has 2 aromatic carbocycles. The van der Waals surface area contributed by atoms with Crippen LogP contribution in [0.3, 0.4) is 0 Å². The zero-order valence-electron chi connectivity index (χ0n) is 30.9. The molecule has 3 fully saturated rings. The Balaban J connectivity index is 1.36. The Kier molecular flexibility index (Phi) is 9.69. The van der Waals surface area contributed by atoms with Gasteiger partial charge in [0.15, 0.2) is 11.6 Å². The number of fused-ring (bicyclic) bond motifs is 3. The molecule has 6 heterocycles. The van der Waals surface area contributed by atoms with Crippen molar-refractivity contribution in [2.45, 2.75) is 69.6 Å². The monoisotopic (exact) mass is 834 g/mol. The number of oxazole rings is 1. The second-order valence-corrected chi connectivity index (χ2v) is 15.8. The quantitative estimate of drug-likeness (QED) is 0.153. The molecular formula is C38H34F8N8O3S. The third-order valence-corrected chi connectivity index (χ3v) is 12.3. The number of carbonyl (C=O) groups excluding carboxylic acids is 1. The van der Waals surface area contributed by atoms with E-state index in [-0.39, 0.29) is 68.0 Å². The maximum Gasteiger partial charge on any atom is 0.419 e. The molecule has 20 heteroatoms. The van der Waals surface area contributed by atoms with E-state index < -0.39 is 96.6 Å². The van der Waals surface area contributed by atoms with Crippen molar-refractivity contribution in [2.24, 2.45) is 0 Å². The number of likely N-dealkylation sites (tertiary alicyclic amines) is 1. The number of hydrogen-bond acceptors (Lipinski definition) is 11. The maximum atomic E-state index is 15.7. The van der Waals surface area contributed by atoms with E-state index in [9.17, 15) is 14.4 Å². The minimum absolute atomic E-state index is 0.0106. The average Bonchev–Trinajstić information content (AvgIpc) is 3.99. The predicted octanol–water partition coefficient (Wildman–Crippen LogP) is 8.13. The molecule has 58 heavy (non-hydrogen) atoms. The van der Waals surface area contributed by atoms with Crippen LogP contribution in [0, 0.1) is 24.1 Å². The number of alkyl halides is 7. The molecule has 11 nitrogen and oxygen atoms in total. The number of rotatable bonds is 8. The van der Waals surface area contributed by atoms with Crippen LogP contribution in [0.15, 0.2) is 28.9 Å². The number of nitrogen functional groups attached to an aromatic ring is 1. The lowest BCUT2D eigenvalue weighted by atomic mass is 9.88. The number of anilines is 2. The first-order valence-electron chi connectivity index (χ1n) is 18.4. The van der Waals surface area contributed by atoms with Crippen molar-refractivity contribution in [2.75, 3.05) is 50.0 Å². The lowest BCUT2D eigenvalue weighted by Crippen LogP contribution is -2.43. The van der Waals surface area contributed by atoms with Gasteiger partial charge in [0.1, 0.15) is 41.7 Å². The van der Waals surface area contributed by atoms with Crippen LogP contribution in [0.1, 0.15) is 65.7 Å². The van der Waals surface area contributed by atoms with Gasteiger partial charge in [-0.15, -0.1) is 11.3 Å². The van der Waals surface area contributed by atoms with Crippen LogP contribution in [0.2, 0.25) is 0 Å². The Morgan fingerprint density at radius 3 is 2.60 bits per heavy atom. The smallest absolute Gasteiger partial charge is 0.419 e. The van der Waals surface area contributed by atoms with Gasteiger partial charge in [0.05, 0.1) is 32.4 Å². The van der Waals surface area contributed by atoms with Crippen LogP contribution in [0.25, 0.3) is 32.1 Å². The van der Waals surface area contributed by atoms with Gasteiger partial charge in [0, 0.05) is 61.9 Å². The van der Waals surface area contributed by atoms with E-state index in [0.717, 1.165) is 18.6 Å². The summed E-state index contributed by atoms with van der Waals surface area (Å²) in [4.78, 5) is 30.9. The number of thiophene rings is 1. The summed E-state index contributed by atoms with van der Waals surface area (Å²) in [6.45, 7) is 3.92. The van der Waals surface area contributed by atoms with Crippen LogP contribution < -0.4 is 15.4 Å². The number of likely N-dealkylation sites (N-methyl/N-ethyl adjacent to an activating group) is 1. The third-order valence-electron chi connectivity index (χ3n) is 11.3. The Labute approximate surface area is 329 Å². The second-order valence-electron chi connectivity index (χ2n) is 14.7. The second kappa shape index (κ2) is 14.2. The highest BCUT2D eigenvalue weighted by molar-refractivity contribution is 7.23. The lowest BCUT2D eigenvalue weighted by Gasteiger charge is -2.32. The van der Waals surface area contributed by atoms with Crippen molar-refractivity contribution < 1.29 is 49.1 Å². The zero-order valence-corrected chi connectivity index (χ0v) is 31.7. The molecule has 8 rings (SSSR count). The highest BCUT2D eigenvalue weighted by Crippen LogP contribution is 2.52. The largest absolute Gasteiger partial charge is 0.461 e. The van der Waals surface area contributed by atoms with Gasteiger partial charge >= 0.3 is 18.4 Å². The normalized spacial score (nSPS) is 21.3. The number of ether oxygens (including phenoxy) is 1. The molecule has 0 spiro atoms. The minimum Gasteiger partial charge on any atom is -0.461 e. The fourth-order valence-corrected chi connectivity index (χ4v) is 9.78. The Bertz CT molecular complexity index is 2500. The molecule has 2 N–H and O–H groups in total. The molecule has 3 saturated heterocycles. The van der Waals surface area contributed by atoms with Gasteiger partial charge in [-0.3, -0.25) is 9.69 Å². The standard InChI is InChI=1S/C38H34F8N8O3S/c1-3-54(20-7-10-52(15-20)34(55)26-16-56-18(2)49-26)33-22-11-24(37(41,42)43)28(21-5-6-25(40)31-27(21)23(13-47)32(48)58-31)29(38(44,45)46)30(22)50-35(51-33)57-17-36-8-4-9-53(36)14-19(39)12-36/h5-6,11,16,19-20H,3-4,7-10,12,14-15,17,48H2,1-2H3/t19-,20+,36+/m1/s1. The van der Waals surface area contributed by atoms with Crippen LogP contribution in [0.4, 0.5) is 45.9 Å². The molecule has 0 aliphatic carbocycles. The number of aryl methyl sites for hydroxylation is 1. The first kappa shape index (κ1) is 39.5. The maximum absolute atomic E-state index is 15.7. The number of nitrogens with zero attached hydrogens (tertiary/aromatic N) is 7. The highest BCUT2D eigenvalue weighted by atomic mass is 32.1. The number of halogens is 8. The molecule has 3 aromatic heterocycles. The van der Waals surface area contributed by atoms with Crippen molar-refractivity contribution >= 4 is 49.1 Å². The topological polar surface area (TPSA) is 138 Å².